The van der Waals surface area contributed by atoms with Gasteiger partial charge in [-0.1, -0.05) is 13.8 Å². The second kappa shape index (κ2) is 4.76. The van der Waals surface area contributed by atoms with Gasteiger partial charge in [0.1, 0.15) is 16.7 Å². The molecule has 100 valence electrons. The lowest BCUT2D eigenvalue weighted by Gasteiger charge is -2.10. The van der Waals surface area contributed by atoms with Gasteiger partial charge in [-0.25, -0.2) is 4.79 Å². The molecule has 0 fully saturated rings. The van der Waals surface area contributed by atoms with Crippen LogP contribution in [0.15, 0.2) is 21.3 Å². The number of carboxylic acid groups (broad SMARTS) is 1. The Kier molecular flexibility index (Phi) is 3.29. The standard InChI is InChI=1S/C14H14O5/c1-3-7-5-8(4-2)13-11(12(7)16)9(15)6-10(19-13)14(17)18/h5-6,16H,3-4H2,1-2H3,(H,17,18). The van der Waals surface area contributed by atoms with Crippen molar-refractivity contribution in [3.05, 3.63) is 39.2 Å². The first-order valence-corrected chi connectivity index (χ1v) is 6.04. The Morgan fingerprint density at radius 3 is 2.37 bits per heavy atom. The second-order valence-corrected chi connectivity index (χ2v) is 4.23. The quantitative estimate of drug-likeness (QED) is 0.886. The van der Waals surface area contributed by atoms with E-state index in [2.05, 4.69) is 0 Å². The maximum Gasteiger partial charge on any atom is 0.371 e. The monoisotopic (exact) mass is 262 g/mol. The fourth-order valence-electron chi connectivity index (χ4n) is 2.09. The molecule has 0 unspecified atom stereocenters. The third-order valence-electron chi connectivity index (χ3n) is 3.10. The van der Waals surface area contributed by atoms with Crippen LogP contribution in [-0.2, 0) is 12.8 Å². The maximum atomic E-state index is 12.0. The minimum absolute atomic E-state index is 0.0567. The molecule has 2 aromatic rings. The van der Waals surface area contributed by atoms with Gasteiger partial charge in [-0.05, 0) is 30.0 Å². The van der Waals surface area contributed by atoms with Crippen LogP contribution in [0.2, 0.25) is 0 Å². The van der Waals surface area contributed by atoms with E-state index in [-0.39, 0.29) is 16.7 Å². The molecule has 0 aliphatic carbocycles. The number of phenols is 1. The van der Waals surface area contributed by atoms with Gasteiger partial charge in [0.15, 0.2) is 5.43 Å². The van der Waals surface area contributed by atoms with Crippen molar-refractivity contribution < 1.29 is 19.4 Å². The molecular weight excluding hydrogens is 248 g/mol. The number of fused-ring (bicyclic) bond motifs is 1. The van der Waals surface area contributed by atoms with Crippen LogP contribution >= 0.6 is 0 Å². The van der Waals surface area contributed by atoms with Crippen LogP contribution in [0.5, 0.6) is 5.75 Å². The van der Waals surface area contributed by atoms with E-state index in [0.717, 1.165) is 6.07 Å². The number of benzene rings is 1. The molecular formula is C14H14O5. The van der Waals surface area contributed by atoms with Crippen molar-refractivity contribution in [3.8, 4) is 5.75 Å². The summed E-state index contributed by atoms with van der Waals surface area (Å²) in [6.07, 6.45) is 1.16. The topological polar surface area (TPSA) is 87.7 Å². The summed E-state index contributed by atoms with van der Waals surface area (Å²) in [7, 11) is 0. The lowest BCUT2D eigenvalue weighted by atomic mass is 10.0. The Balaban J connectivity index is 2.97. The zero-order valence-electron chi connectivity index (χ0n) is 10.7. The summed E-state index contributed by atoms with van der Waals surface area (Å²) in [6.45, 7) is 3.74. The van der Waals surface area contributed by atoms with Gasteiger partial charge in [0.2, 0.25) is 5.76 Å². The molecule has 0 amide bonds. The lowest BCUT2D eigenvalue weighted by molar-refractivity contribution is 0.0663. The fourth-order valence-corrected chi connectivity index (χ4v) is 2.09. The van der Waals surface area contributed by atoms with E-state index in [9.17, 15) is 14.7 Å². The summed E-state index contributed by atoms with van der Waals surface area (Å²) in [6, 6.07) is 2.63. The zero-order valence-corrected chi connectivity index (χ0v) is 10.7. The van der Waals surface area contributed by atoms with Crippen molar-refractivity contribution in [1.82, 2.24) is 0 Å². The molecule has 2 rings (SSSR count). The van der Waals surface area contributed by atoms with Gasteiger partial charge in [-0.3, -0.25) is 4.79 Å². The van der Waals surface area contributed by atoms with Gasteiger partial charge < -0.3 is 14.6 Å². The number of carboxylic acids is 1. The number of phenolic OH excluding ortho intramolecular Hbond substituents is 1. The van der Waals surface area contributed by atoms with E-state index in [0.29, 0.717) is 24.0 Å². The van der Waals surface area contributed by atoms with E-state index in [1.807, 2.05) is 13.8 Å². The summed E-state index contributed by atoms with van der Waals surface area (Å²) in [5.41, 5.74) is 0.979. The second-order valence-electron chi connectivity index (χ2n) is 4.23. The molecule has 0 saturated heterocycles. The Hall–Kier alpha value is -2.30. The third kappa shape index (κ3) is 2.07. The largest absolute Gasteiger partial charge is 0.507 e. The smallest absolute Gasteiger partial charge is 0.371 e. The van der Waals surface area contributed by atoms with Crippen LogP contribution in [0.1, 0.15) is 35.5 Å². The van der Waals surface area contributed by atoms with Crippen LogP contribution in [0.4, 0.5) is 0 Å². The number of hydrogen-bond acceptors (Lipinski definition) is 4. The maximum absolute atomic E-state index is 12.0. The molecule has 5 heteroatoms. The van der Waals surface area contributed by atoms with E-state index < -0.39 is 17.2 Å². The first kappa shape index (κ1) is 13.1. The van der Waals surface area contributed by atoms with E-state index in [4.69, 9.17) is 9.52 Å². The Morgan fingerprint density at radius 1 is 1.21 bits per heavy atom. The minimum atomic E-state index is -1.31. The summed E-state index contributed by atoms with van der Waals surface area (Å²) in [5, 5.41) is 19.0. The van der Waals surface area contributed by atoms with Crippen molar-refractivity contribution in [2.24, 2.45) is 0 Å². The first-order chi connectivity index (χ1) is 8.99. The summed E-state index contributed by atoms with van der Waals surface area (Å²) < 4.78 is 5.25. The Labute approximate surface area is 109 Å². The van der Waals surface area contributed by atoms with Crippen molar-refractivity contribution in [1.29, 1.82) is 0 Å². The van der Waals surface area contributed by atoms with Crippen LogP contribution in [0, 0.1) is 0 Å². The van der Waals surface area contributed by atoms with Crippen molar-refractivity contribution in [3.63, 3.8) is 0 Å². The number of aryl methyl sites for hydroxylation is 2. The summed E-state index contributed by atoms with van der Waals surface area (Å²) in [5.74, 6) is -1.85. The highest BCUT2D eigenvalue weighted by molar-refractivity contribution is 5.91. The number of aromatic hydroxyl groups is 1. The minimum Gasteiger partial charge on any atom is -0.507 e. The number of rotatable bonds is 3. The Morgan fingerprint density at radius 2 is 1.84 bits per heavy atom. The number of carbonyl (C=O) groups is 1. The zero-order chi connectivity index (χ0) is 14.2. The molecule has 0 aliphatic heterocycles. The molecule has 0 saturated carbocycles. The highest BCUT2D eigenvalue weighted by atomic mass is 16.4. The van der Waals surface area contributed by atoms with Crippen molar-refractivity contribution >= 4 is 16.9 Å². The van der Waals surface area contributed by atoms with Gasteiger partial charge in [-0.2, -0.15) is 0 Å². The summed E-state index contributed by atoms with van der Waals surface area (Å²) >= 11 is 0. The van der Waals surface area contributed by atoms with Crippen LogP contribution in [-0.4, -0.2) is 16.2 Å². The SMILES string of the molecule is CCc1cc(CC)c2oc(C(=O)O)cc(=O)c2c1O. The predicted molar refractivity (Wildman–Crippen MR) is 69.9 cm³/mol. The van der Waals surface area contributed by atoms with Gasteiger partial charge >= 0.3 is 5.97 Å². The van der Waals surface area contributed by atoms with E-state index >= 15 is 0 Å². The molecule has 1 heterocycles. The molecule has 0 bridgehead atoms. The number of aromatic carboxylic acids is 1. The van der Waals surface area contributed by atoms with E-state index in [1.165, 1.54) is 0 Å². The van der Waals surface area contributed by atoms with Gasteiger partial charge in [0.25, 0.3) is 0 Å². The average Bonchev–Trinajstić information content (AvgIpc) is 2.38. The molecule has 0 radical (unpaired) electrons. The van der Waals surface area contributed by atoms with Crippen LogP contribution < -0.4 is 5.43 Å². The first-order valence-electron chi connectivity index (χ1n) is 6.04. The van der Waals surface area contributed by atoms with Crippen molar-refractivity contribution in [2.45, 2.75) is 26.7 Å². The fraction of sp³-hybridized carbons (Fsp3) is 0.286. The summed E-state index contributed by atoms with van der Waals surface area (Å²) in [4.78, 5) is 22.9. The molecule has 0 spiro atoms. The molecule has 0 atom stereocenters. The Bertz CT molecular complexity index is 712. The predicted octanol–water partition coefficient (Wildman–Crippen LogP) is 2.32. The number of hydrogen-bond donors (Lipinski definition) is 2. The van der Waals surface area contributed by atoms with Gasteiger partial charge in [0, 0.05) is 6.07 Å². The van der Waals surface area contributed by atoms with Gasteiger partial charge in [0.05, 0.1) is 0 Å². The highest BCUT2D eigenvalue weighted by Gasteiger charge is 2.18. The normalized spacial score (nSPS) is 10.8. The van der Waals surface area contributed by atoms with Gasteiger partial charge in [-0.15, -0.1) is 0 Å². The average molecular weight is 262 g/mol. The lowest BCUT2D eigenvalue weighted by Crippen LogP contribution is -2.08. The van der Waals surface area contributed by atoms with Crippen LogP contribution in [0.3, 0.4) is 0 Å². The van der Waals surface area contributed by atoms with E-state index in [1.54, 1.807) is 6.07 Å². The molecule has 0 aliphatic rings. The third-order valence-corrected chi connectivity index (χ3v) is 3.10. The molecule has 5 nitrogen and oxygen atoms in total. The molecule has 2 N–H and O–H groups in total. The highest BCUT2D eigenvalue weighted by Crippen LogP contribution is 2.30. The van der Waals surface area contributed by atoms with Crippen molar-refractivity contribution in [2.75, 3.05) is 0 Å². The molecule has 19 heavy (non-hydrogen) atoms. The molecule has 1 aromatic heterocycles. The van der Waals surface area contributed by atoms with Crippen LogP contribution in [0.25, 0.3) is 11.0 Å². The molecule has 1 aromatic carbocycles.